The standard InChI is InChI=1S/C9H17N3O2S/c1-8(5-11)6-15(14)7-9(13)12-4-2-3-10/h8H,2,4-7,11H2,1H3,(H,12,13). The van der Waals surface area contributed by atoms with Gasteiger partial charge in [0.25, 0.3) is 0 Å². The Morgan fingerprint density at radius 2 is 2.33 bits per heavy atom. The largest absolute Gasteiger partial charge is 0.354 e. The molecule has 0 aromatic carbocycles. The second-order valence-electron chi connectivity index (χ2n) is 3.35. The van der Waals surface area contributed by atoms with Crippen LogP contribution in [0.2, 0.25) is 0 Å². The van der Waals surface area contributed by atoms with E-state index < -0.39 is 10.8 Å². The molecular formula is C9H17N3O2S. The van der Waals surface area contributed by atoms with E-state index in [2.05, 4.69) is 5.32 Å². The minimum absolute atomic E-state index is 0.00420. The van der Waals surface area contributed by atoms with Gasteiger partial charge < -0.3 is 11.1 Å². The van der Waals surface area contributed by atoms with Crippen molar-refractivity contribution in [3.05, 3.63) is 0 Å². The molecule has 15 heavy (non-hydrogen) atoms. The van der Waals surface area contributed by atoms with Gasteiger partial charge in [0.2, 0.25) is 5.91 Å². The molecule has 2 unspecified atom stereocenters. The van der Waals surface area contributed by atoms with Gasteiger partial charge in [0.1, 0.15) is 5.75 Å². The summed E-state index contributed by atoms with van der Waals surface area (Å²) in [5.74, 6) is 0.336. The SMILES string of the molecule is CC(CN)CS(=O)CC(=O)NCCC#N. The summed E-state index contributed by atoms with van der Waals surface area (Å²) in [5.41, 5.74) is 5.38. The van der Waals surface area contributed by atoms with Crippen molar-refractivity contribution in [2.45, 2.75) is 13.3 Å². The number of nitrogens with one attached hydrogen (secondary N) is 1. The Morgan fingerprint density at radius 1 is 1.67 bits per heavy atom. The van der Waals surface area contributed by atoms with Crippen LogP contribution in [0.1, 0.15) is 13.3 Å². The van der Waals surface area contributed by atoms with Crippen molar-refractivity contribution < 1.29 is 9.00 Å². The fourth-order valence-electron chi connectivity index (χ4n) is 0.899. The van der Waals surface area contributed by atoms with E-state index in [1.54, 1.807) is 0 Å². The van der Waals surface area contributed by atoms with Crippen molar-refractivity contribution in [2.24, 2.45) is 11.7 Å². The van der Waals surface area contributed by atoms with E-state index in [0.29, 0.717) is 18.8 Å². The van der Waals surface area contributed by atoms with E-state index in [4.69, 9.17) is 11.0 Å². The van der Waals surface area contributed by atoms with Crippen LogP contribution in [0.3, 0.4) is 0 Å². The Balaban J connectivity index is 3.68. The van der Waals surface area contributed by atoms with Crippen LogP contribution < -0.4 is 11.1 Å². The van der Waals surface area contributed by atoms with Gasteiger partial charge in [-0.1, -0.05) is 6.92 Å². The van der Waals surface area contributed by atoms with Crippen LogP contribution in [-0.4, -0.2) is 34.7 Å². The maximum absolute atomic E-state index is 11.4. The lowest BCUT2D eigenvalue weighted by Gasteiger charge is -2.07. The van der Waals surface area contributed by atoms with Gasteiger partial charge >= 0.3 is 0 Å². The lowest BCUT2D eigenvalue weighted by Crippen LogP contribution is -2.31. The lowest BCUT2D eigenvalue weighted by molar-refractivity contribution is -0.118. The summed E-state index contributed by atoms with van der Waals surface area (Å²) in [6, 6.07) is 1.91. The fourth-order valence-corrected chi connectivity index (χ4v) is 2.18. The Kier molecular flexibility index (Phi) is 7.86. The molecule has 0 saturated carbocycles. The number of nitrogens with zero attached hydrogens (tertiary/aromatic N) is 1. The first-order valence-electron chi connectivity index (χ1n) is 4.78. The topological polar surface area (TPSA) is 96.0 Å². The van der Waals surface area contributed by atoms with Gasteiger partial charge in [-0.2, -0.15) is 5.26 Å². The van der Waals surface area contributed by atoms with E-state index in [1.807, 2.05) is 13.0 Å². The summed E-state index contributed by atoms with van der Waals surface area (Å²) in [5, 5.41) is 10.8. The molecule has 2 atom stereocenters. The van der Waals surface area contributed by atoms with Gasteiger partial charge in [-0.15, -0.1) is 0 Å². The normalized spacial score (nSPS) is 13.9. The Labute approximate surface area is 92.5 Å². The molecule has 3 N–H and O–H groups in total. The molecule has 0 fully saturated rings. The van der Waals surface area contributed by atoms with Crippen molar-refractivity contribution >= 4 is 16.7 Å². The van der Waals surface area contributed by atoms with Crippen molar-refractivity contribution in [3.63, 3.8) is 0 Å². The molecule has 0 aliphatic rings. The van der Waals surface area contributed by atoms with Crippen LogP contribution >= 0.6 is 0 Å². The summed E-state index contributed by atoms with van der Waals surface area (Å²) in [7, 11) is -1.16. The molecule has 0 spiro atoms. The third kappa shape index (κ3) is 8.09. The third-order valence-electron chi connectivity index (χ3n) is 1.72. The Hall–Kier alpha value is -0.930. The maximum Gasteiger partial charge on any atom is 0.232 e. The second kappa shape index (κ2) is 8.38. The first-order valence-corrected chi connectivity index (χ1v) is 6.27. The number of hydrogen-bond acceptors (Lipinski definition) is 4. The molecule has 6 heteroatoms. The zero-order chi connectivity index (χ0) is 11.7. The van der Waals surface area contributed by atoms with Crippen LogP contribution in [0.15, 0.2) is 0 Å². The summed E-state index contributed by atoms with van der Waals surface area (Å²) in [6.45, 7) is 2.69. The van der Waals surface area contributed by atoms with Crippen LogP contribution in [0.5, 0.6) is 0 Å². The highest BCUT2D eigenvalue weighted by atomic mass is 32.2. The number of hydrogen-bond donors (Lipinski definition) is 2. The summed E-state index contributed by atoms with van der Waals surface area (Å²) in [6.07, 6.45) is 0.275. The molecule has 86 valence electrons. The quantitative estimate of drug-likeness (QED) is 0.570. The number of nitriles is 1. The highest BCUT2D eigenvalue weighted by molar-refractivity contribution is 7.85. The van der Waals surface area contributed by atoms with Crippen molar-refractivity contribution in [3.8, 4) is 6.07 Å². The monoisotopic (exact) mass is 231 g/mol. The lowest BCUT2D eigenvalue weighted by atomic mass is 10.2. The smallest absolute Gasteiger partial charge is 0.232 e. The predicted octanol–water partition coefficient (Wildman–Crippen LogP) is -0.640. The first-order chi connectivity index (χ1) is 7.10. The van der Waals surface area contributed by atoms with E-state index >= 15 is 0 Å². The van der Waals surface area contributed by atoms with E-state index in [1.165, 1.54) is 0 Å². The van der Waals surface area contributed by atoms with E-state index in [-0.39, 0.29) is 24.0 Å². The predicted molar refractivity (Wildman–Crippen MR) is 59.3 cm³/mol. The first kappa shape index (κ1) is 14.1. The number of nitrogens with two attached hydrogens (primary N) is 1. The average molecular weight is 231 g/mol. The molecule has 0 bridgehead atoms. The van der Waals surface area contributed by atoms with Crippen LogP contribution in [0, 0.1) is 17.2 Å². The van der Waals surface area contributed by atoms with E-state index in [0.717, 1.165) is 0 Å². The van der Waals surface area contributed by atoms with Crippen LogP contribution in [-0.2, 0) is 15.6 Å². The highest BCUT2D eigenvalue weighted by Crippen LogP contribution is 1.95. The fraction of sp³-hybridized carbons (Fsp3) is 0.778. The summed E-state index contributed by atoms with van der Waals surface area (Å²) >= 11 is 0. The molecule has 0 heterocycles. The van der Waals surface area contributed by atoms with Crippen molar-refractivity contribution in [1.29, 1.82) is 5.26 Å². The van der Waals surface area contributed by atoms with Gasteiger partial charge in [0.15, 0.2) is 0 Å². The van der Waals surface area contributed by atoms with Gasteiger partial charge in [-0.25, -0.2) is 0 Å². The van der Waals surface area contributed by atoms with Crippen molar-refractivity contribution in [1.82, 2.24) is 5.32 Å². The third-order valence-corrected chi connectivity index (χ3v) is 3.25. The number of carbonyl (C=O) groups is 1. The summed E-state index contributed by atoms with van der Waals surface area (Å²) in [4.78, 5) is 11.2. The van der Waals surface area contributed by atoms with Crippen molar-refractivity contribution in [2.75, 3.05) is 24.6 Å². The van der Waals surface area contributed by atoms with Gasteiger partial charge in [-0.3, -0.25) is 9.00 Å². The molecule has 0 saturated heterocycles. The van der Waals surface area contributed by atoms with Gasteiger partial charge in [0, 0.05) is 23.1 Å². The molecule has 0 rings (SSSR count). The molecule has 0 aromatic heterocycles. The maximum atomic E-state index is 11.4. The average Bonchev–Trinajstić information content (AvgIpc) is 2.17. The molecule has 0 aliphatic heterocycles. The molecule has 0 aromatic rings. The summed E-state index contributed by atoms with van der Waals surface area (Å²) < 4.78 is 11.4. The van der Waals surface area contributed by atoms with Crippen LogP contribution in [0.4, 0.5) is 0 Å². The zero-order valence-electron chi connectivity index (χ0n) is 8.86. The zero-order valence-corrected chi connectivity index (χ0v) is 9.68. The van der Waals surface area contributed by atoms with Gasteiger partial charge in [0.05, 0.1) is 12.5 Å². The van der Waals surface area contributed by atoms with E-state index in [9.17, 15) is 9.00 Å². The Bertz CT molecular complexity index is 263. The minimum atomic E-state index is -1.16. The van der Waals surface area contributed by atoms with Crippen LogP contribution in [0.25, 0.3) is 0 Å². The minimum Gasteiger partial charge on any atom is -0.354 e. The number of carbonyl (C=O) groups excluding carboxylic acids is 1. The molecular weight excluding hydrogens is 214 g/mol. The molecule has 5 nitrogen and oxygen atoms in total. The highest BCUT2D eigenvalue weighted by Gasteiger charge is 2.10. The number of rotatable bonds is 7. The Morgan fingerprint density at radius 3 is 2.87 bits per heavy atom. The number of amides is 1. The second-order valence-corrected chi connectivity index (χ2v) is 4.85. The molecule has 0 aliphatic carbocycles. The molecule has 1 amide bonds. The van der Waals surface area contributed by atoms with Gasteiger partial charge in [-0.05, 0) is 12.5 Å². The molecule has 0 radical (unpaired) electrons.